The molecule has 20 nitrogen and oxygen atoms in total. The summed E-state index contributed by atoms with van der Waals surface area (Å²) in [5, 5.41) is 14.3. The third-order valence-corrected chi connectivity index (χ3v) is 18.7. The van der Waals surface area contributed by atoms with Crippen LogP contribution >= 0.6 is 0 Å². The molecule has 4 fully saturated rings. The van der Waals surface area contributed by atoms with Crippen molar-refractivity contribution in [3.05, 3.63) is 70.8 Å². The van der Waals surface area contributed by atoms with E-state index in [1.54, 1.807) is 24.3 Å². The maximum absolute atomic E-state index is 12.0. The van der Waals surface area contributed by atoms with E-state index in [9.17, 15) is 19.2 Å². The van der Waals surface area contributed by atoms with Crippen LogP contribution in [0.4, 0.5) is 45.5 Å². The summed E-state index contributed by atoms with van der Waals surface area (Å²) >= 11 is 0. The first-order valence-corrected chi connectivity index (χ1v) is 36.2. The van der Waals surface area contributed by atoms with Crippen LogP contribution in [0.3, 0.4) is 0 Å². The Kier molecular flexibility index (Phi) is 35.0. The Labute approximate surface area is 621 Å². The molecular weight excluding hydrogens is 1300 g/mol. The van der Waals surface area contributed by atoms with Gasteiger partial charge >= 0.3 is 23.9 Å². The van der Waals surface area contributed by atoms with Crippen LogP contribution in [0.5, 0.6) is 23.0 Å². The highest BCUT2D eigenvalue weighted by Gasteiger charge is 2.37. The van der Waals surface area contributed by atoms with Crippen LogP contribution in [0.1, 0.15) is 279 Å². The van der Waals surface area contributed by atoms with E-state index in [-0.39, 0.29) is 46.7 Å². The fourth-order valence-electron chi connectivity index (χ4n) is 16.1. The van der Waals surface area contributed by atoms with Crippen molar-refractivity contribution in [2.24, 2.45) is 45.3 Å². The summed E-state index contributed by atoms with van der Waals surface area (Å²) in [7, 11) is 5.43. The summed E-state index contributed by atoms with van der Waals surface area (Å²) < 4.78 is 42.7. The lowest BCUT2D eigenvalue weighted by molar-refractivity contribution is 0.0585. The topological polar surface area (TPSA) is 294 Å². The second-order valence-electron chi connectivity index (χ2n) is 33.4. The highest BCUT2D eigenvalue weighted by atomic mass is 16.5. The van der Waals surface area contributed by atoms with Crippen LogP contribution in [-0.4, -0.2) is 101 Å². The van der Waals surface area contributed by atoms with Gasteiger partial charge in [-0.1, -0.05) is 105 Å². The van der Waals surface area contributed by atoms with E-state index in [4.69, 9.17) is 60.8 Å². The summed E-state index contributed by atoms with van der Waals surface area (Å²) in [6.07, 6.45) is 13.6. The van der Waals surface area contributed by atoms with Gasteiger partial charge < -0.3 is 82.1 Å². The van der Waals surface area contributed by atoms with Gasteiger partial charge in [0.25, 0.3) is 0 Å². The zero-order valence-corrected chi connectivity index (χ0v) is 65.2. The van der Waals surface area contributed by atoms with Gasteiger partial charge in [0.05, 0.1) is 98.4 Å². The number of hydrogen-bond donors (Lipinski definition) is 8. The van der Waals surface area contributed by atoms with Crippen molar-refractivity contribution in [1.82, 2.24) is 0 Å². The van der Waals surface area contributed by atoms with Crippen molar-refractivity contribution in [1.29, 1.82) is 0 Å². The molecule has 4 aromatic rings. The van der Waals surface area contributed by atoms with Crippen molar-refractivity contribution < 1.29 is 57.1 Å². The molecule has 0 amide bonds. The molecule has 4 aromatic carbocycles. The zero-order chi connectivity index (χ0) is 75.1. The third-order valence-electron chi connectivity index (χ3n) is 18.7. The quantitative estimate of drug-likeness (QED) is 0.0232. The van der Waals surface area contributed by atoms with Crippen LogP contribution in [0.15, 0.2) is 48.5 Å². The van der Waals surface area contributed by atoms with Crippen molar-refractivity contribution >= 4 is 69.4 Å². The van der Waals surface area contributed by atoms with Crippen molar-refractivity contribution in [2.75, 3.05) is 72.6 Å². The Morgan fingerprint density at radius 3 is 0.631 bits per heavy atom. The summed E-state index contributed by atoms with van der Waals surface area (Å²) in [6.45, 7) is 43.1. The molecular formula is C83H140N8O12. The van der Waals surface area contributed by atoms with Gasteiger partial charge in [0.1, 0.15) is 45.3 Å². The van der Waals surface area contributed by atoms with E-state index in [2.05, 4.69) is 104 Å². The van der Waals surface area contributed by atoms with Gasteiger partial charge in [-0.15, -0.1) is 0 Å². The molecule has 20 heteroatoms. The van der Waals surface area contributed by atoms with E-state index in [1.807, 2.05) is 79.7 Å². The van der Waals surface area contributed by atoms with Gasteiger partial charge in [0.15, 0.2) is 0 Å². The minimum Gasteiger partial charge on any atom is -0.490 e. The second-order valence-corrected chi connectivity index (χ2v) is 33.4. The first-order valence-electron chi connectivity index (χ1n) is 36.2. The first kappa shape index (κ1) is 91.4. The Morgan fingerprint density at radius 2 is 0.495 bits per heavy atom. The molecule has 12 N–H and O–H groups in total. The van der Waals surface area contributed by atoms with Gasteiger partial charge in [-0.3, -0.25) is 0 Å². The monoisotopic (exact) mass is 1440 g/mol. The molecule has 103 heavy (non-hydrogen) atoms. The Morgan fingerprint density at radius 1 is 0.330 bits per heavy atom. The maximum Gasteiger partial charge on any atom is 0.341 e. The predicted molar refractivity (Wildman–Crippen MR) is 429 cm³/mol. The number of carbonyl (C=O) groups is 4. The van der Waals surface area contributed by atoms with Crippen LogP contribution in [0.2, 0.25) is 0 Å². The average molecular weight is 1440 g/mol. The number of carbonyl (C=O) groups excluding carboxylic acids is 4. The number of rotatable bonds is 20. The molecule has 0 saturated heterocycles. The maximum atomic E-state index is 12.0. The van der Waals surface area contributed by atoms with Gasteiger partial charge in [-0.25, -0.2) is 19.2 Å². The van der Waals surface area contributed by atoms with E-state index in [0.717, 1.165) is 74.1 Å². The molecule has 0 unspecified atom stereocenters. The van der Waals surface area contributed by atoms with Gasteiger partial charge in [0, 0.05) is 48.4 Å². The Balaban J connectivity index is 0.000000462. The van der Waals surface area contributed by atoms with Crippen LogP contribution in [0, 0.1) is 45.3 Å². The molecule has 0 bridgehead atoms. The SMILES string of the molecule is C.C.C.COC(=O)c1cc(N)c(N[C@@H]2C[C@@H](C)CC(C)(C)C2)cc1OC(C)C.COC(=O)c1cc(N)c(N[C@@H]2C[C@H](C)CC(C)(C)C2)cc1OC(C)C.COC(=O)c1cc(N)c(N[C@H]2C[C@@H](C)CC(C)(C)C2)cc1OC(C)C.COC(=O)c1cc(N)c(N[C@H]2C[C@H](C)CC(C)(C)C2)cc1OC(C)C. The number of esters is 4. The van der Waals surface area contributed by atoms with Gasteiger partial charge in [0.2, 0.25) is 0 Å². The first-order chi connectivity index (χ1) is 46.4. The lowest BCUT2D eigenvalue weighted by atomic mass is 9.70. The summed E-state index contributed by atoms with van der Waals surface area (Å²) in [5.41, 5.74) is 32.9. The largest absolute Gasteiger partial charge is 0.490 e. The highest BCUT2D eigenvalue weighted by molar-refractivity contribution is 5.98. The van der Waals surface area contributed by atoms with Crippen molar-refractivity contribution in [3.8, 4) is 23.0 Å². The van der Waals surface area contributed by atoms with Crippen LogP contribution in [0.25, 0.3) is 0 Å². The molecule has 0 aliphatic heterocycles. The standard InChI is InChI=1S/4C20H32N2O3.3CH4/c4*1-12(2)25-18-9-17(16(21)8-15(18)19(23)24-6)22-14-7-13(3)10-20(4,5)11-14;;;/h4*8-9,12-14,22H,7,10-11,21H2,1-6H3;3*1H4/t2*13-,14+;2*13-,14-;;;/m1010.../s1. The van der Waals surface area contributed by atoms with E-state index >= 15 is 0 Å². The Hall–Kier alpha value is -7.64. The number of hydrogen-bond acceptors (Lipinski definition) is 20. The van der Waals surface area contributed by atoms with Gasteiger partial charge in [-0.05, 0) is 202 Å². The molecule has 4 saturated carbocycles. The summed E-state index contributed by atoms with van der Waals surface area (Å²) in [6, 6.07) is 15.3. The summed E-state index contributed by atoms with van der Waals surface area (Å²) in [4.78, 5) is 48.1. The molecule has 0 spiro atoms. The molecule has 4 aliphatic rings. The van der Waals surface area contributed by atoms with Crippen molar-refractivity contribution in [3.63, 3.8) is 0 Å². The number of ether oxygens (including phenoxy) is 8. The molecule has 8 rings (SSSR count). The third kappa shape index (κ3) is 28.4. The molecule has 0 radical (unpaired) electrons. The molecule has 8 atom stereocenters. The molecule has 584 valence electrons. The molecule has 0 heterocycles. The lowest BCUT2D eigenvalue weighted by Crippen LogP contribution is -2.35. The minimum absolute atomic E-state index is 0. The fourth-order valence-corrected chi connectivity index (χ4v) is 16.1. The second kappa shape index (κ2) is 39.5. The van der Waals surface area contributed by atoms with Crippen molar-refractivity contribution in [2.45, 2.75) is 286 Å². The van der Waals surface area contributed by atoms with Crippen LogP contribution in [-0.2, 0) is 18.9 Å². The fraction of sp³-hybridized carbons (Fsp3) is 0.663. The lowest BCUT2D eigenvalue weighted by Gasteiger charge is -2.40. The normalized spacial score (nSPS) is 21.9. The van der Waals surface area contributed by atoms with E-state index in [0.29, 0.717) is 138 Å². The number of anilines is 8. The van der Waals surface area contributed by atoms with E-state index < -0.39 is 23.9 Å². The molecule has 4 aliphatic carbocycles. The van der Waals surface area contributed by atoms with Gasteiger partial charge in [-0.2, -0.15) is 0 Å². The number of nitrogens with two attached hydrogens (primary N) is 4. The smallest absolute Gasteiger partial charge is 0.341 e. The highest BCUT2D eigenvalue weighted by Crippen LogP contribution is 2.46. The number of nitrogen functional groups attached to an aromatic ring is 4. The predicted octanol–water partition coefficient (Wildman–Crippen LogP) is 19.8. The average Bonchev–Trinajstić information content (AvgIpc) is 0.816. The Bertz CT molecular complexity index is 2940. The minimum atomic E-state index is -0.443. The molecule has 0 aromatic heterocycles. The number of benzene rings is 4. The number of methoxy groups -OCH3 is 4. The van der Waals surface area contributed by atoms with E-state index in [1.165, 1.54) is 54.1 Å². The number of nitrogens with one attached hydrogen (secondary N) is 4. The zero-order valence-electron chi connectivity index (χ0n) is 65.2. The van der Waals surface area contributed by atoms with Crippen LogP contribution < -0.4 is 63.1 Å². The summed E-state index contributed by atoms with van der Waals surface area (Å²) in [5.74, 6) is 2.91.